The first-order chi connectivity index (χ1) is 8.56. The van der Waals surface area contributed by atoms with E-state index in [1.54, 1.807) is 0 Å². The van der Waals surface area contributed by atoms with Gasteiger partial charge in [-0.3, -0.25) is 9.69 Å². The maximum Gasteiger partial charge on any atom is 0.176 e. The fourth-order valence-electron chi connectivity index (χ4n) is 2.03. The number of phenols is 2. The van der Waals surface area contributed by atoms with Crippen LogP contribution < -0.4 is 0 Å². The molecule has 5 nitrogen and oxygen atoms in total. The lowest BCUT2D eigenvalue weighted by atomic mass is 10.1. The molecule has 0 spiro atoms. The second-order valence-corrected chi connectivity index (χ2v) is 4.54. The Balaban J connectivity index is 2.00. The average molecular weight is 251 g/mol. The molecule has 0 aromatic heterocycles. The second kappa shape index (κ2) is 5.37. The van der Waals surface area contributed by atoms with Crippen LogP contribution in [0.5, 0.6) is 11.5 Å². The molecule has 1 fully saturated rings. The van der Waals surface area contributed by atoms with E-state index in [0.717, 1.165) is 13.1 Å². The summed E-state index contributed by atoms with van der Waals surface area (Å²) in [5.41, 5.74) is 0.407. The highest BCUT2D eigenvalue weighted by Gasteiger charge is 2.20. The van der Waals surface area contributed by atoms with Crippen LogP contribution in [-0.4, -0.2) is 53.2 Å². The van der Waals surface area contributed by atoms with Gasteiger partial charge in [0.25, 0.3) is 0 Å². The zero-order chi connectivity index (χ0) is 13.1. The molecule has 1 saturated heterocycles. The van der Waals surface area contributed by atoms with E-state index in [0.29, 0.717) is 18.7 Å². The van der Waals surface area contributed by atoms with Gasteiger partial charge < -0.3 is 14.9 Å². The number of carbonyl (C=O) groups is 1. The summed E-state index contributed by atoms with van der Waals surface area (Å²) in [7, 11) is 0. The van der Waals surface area contributed by atoms with Gasteiger partial charge in [-0.05, 0) is 25.1 Å². The number of phenolic OH excluding ortho intramolecular Hbond substituents is 2. The molecule has 2 rings (SSSR count). The van der Waals surface area contributed by atoms with E-state index in [1.165, 1.54) is 18.2 Å². The van der Waals surface area contributed by atoms with Gasteiger partial charge in [0.05, 0.1) is 19.3 Å². The number of rotatable bonds is 3. The molecule has 0 radical (unpaired) electrons. The molecule has 1 atom stereocenters. The van der Waals surface area contributed by atoms with Gasteiger partial charge in [0.2, 0.25) is 0 Å². The van der Waals surface area contributed by atoms with Crippen LogP contribution >= 0.6 is 0 Å². The van der Waals surface area contributed by atoms with Crippen LogP contribution in [0.2, 0.25) is 0 Å². The van der Waals surface area contributed by atoms with Crippen LogP contribution in [0, 0.1) is 0 Å². The van der Waals surface area contributed by atoms with Crippen molar-refractivity contribution in [3.8, 4) is 11.5 Å². The molecule has 0 aliphatic carbocycles. The van der Waals surface area contributed by atoms with Gasteiger partial charge in [-0.25, -0.2) is 0 Å². The van der Waals surface area contributed by atoms with E-state index in [1.807, 2.05) is 11.8 Å². The van der Waals surface area contributed by atoms with E-state index in [4.69, 9.17) is 4.74 Å². The molecular weight excluding hydrogens is 234 g/mol. The van der Waals surface area contributed by atoms with E-state index >= 15 is 0 Å². The number of morpholine rings is 1. The number of nitrogens with zero attached hydrogens (tertiary/aromatic N) is 1. The van der Waals surface area contributed by atoms with Gasteiger partial charge in [0, 0.05) is 18.7 Å². The highest BCUT2D eigenvalue weighted by atomic mass is 16.5. The lowest BCUT2D eigenvalue weighted by molar-refractivity contribution is -0.0158. The summed E-state index contributed by atoms with van der Waals surface area (Å²) in [4.78, 5) is 14.0. The Morgan fingerprint density at radius 1 is 1.44 bits per heavy atom. The number of ether oxygens (including phenoxy) is 1. The molecule has 0 saturated carbocycles. The summed E-state index contributed by atoms with van der Waals surface area (Å²) in [6.45, 7) is 4.38. The monoisotopic (exact) mass is 251 g/mol. The van der Waals surface area contributed by atoms with Crippen molar-refractivity contribution in [1.82, 2.24) is 4.90 Å². The van der Waals surface area contributed by atoms with E-state index in [-0.39, 0.29) is 23.4 Å². The Labute approximate surface area is 106 Å². The molecule has 1 aliphatic heterocycles. The SMILES string of the molecule is CC1CN(CC(=O)c2ccc(O)c(O)c2)CCO1. The van der Waals surface area contributed by atoms with Crippen LogP contribution in [-0.2, 0) is 4.74 Å². The number of carbonyl (C=O) groups excluding carboxylic acids is 1. The second-order valence-electron chi connectivity index (χ2n) is 4.54. The number of Topliss-reactive ketones (excluding diaryl/α,β-unsaturated/α-hetero) is 1. The minimum absolute atomic E-state index is 0.0700. The Kier molecular flexibility index (Phi) is 3.84. The molecule has 5 heteroatoms. The van der Waals surface area contributed by atoms with Crippen LogP contribution in [0.25, 0.3) is 0 Å². The predicted molar refractivity (Wildman–Crippen MR) is 66.0 cm³/mol. The van der Waals surface area contributed by atoms with Crippen LogP contribution in [0.3, 0.4) is 0 Å². The molecule has 0 amide bonds. The number of ketones is 1. The molecule has 98 valence electrons. The lowest BCUT2D eigenvalue weighted by Gasteiger charge is -2.30. The quantitative estimate of drug-likeness (QED) is 0.619. The van der Waals surface area contributed by atoms with E-state index < -0.39 is 0 Å². The highest BCUT2D eigenvalue weighted by Crippen LogP contribution is 2.25. The molecule has 2 N–H and O–H groups in total. The third-order valence-electron chi connectivity index (χ3n) is 2.99. The summed E-state index contributed by atoms with van der Waals surface area (Å²) in [6.07, 6.45) is 0.139. The fraction of sp³-hybridized carbons (Fsp3) is 0.462. The number of hydrogen-bond donors (Lipinski definition) is 2. The summed E-state index contributed by atoms with van der Waals surface area (Å²) in [5.74, 6) is -0.554. The van der Waals surface area contributed by atoms with Crippen molar-refractivity contribution in [1.29, 1.82) is 0 Å². The smallest absolute Gasteiger partial charge is 0.176 e. The average Bonchev–Trinajstić information content (AvgIpc) is 2.32. The maximum atomic E-state index is 12.0. The van der Waals surface area contributed by atoms with Crippen LogP contribution in [0.15, 0.2) is 18.2 Å². The molecule has 1 aromatic rings. The first kappa shape index (κ1) is 12.9. The van der Waals surface area contributed by atoms with Crippen molar-refractivity contribution in [3.05, 3.63) is 23.8 Å². The van der Waals surface area contributed by atoms with Crippen molar-refractivity contribution in [2.24, 2.45) is 0 Å². The number of aromatic hydroxyl groups is 2. The molecule has 1 aromatic carbocycles. The van der Waals surface area contributed by atoms with E-state index in [2.05, 4.69) is 0 Å². The zero-order valence-corrected chi connectivity index (χ0v) is 10.3. The minimum atomic E-state index is -0.267. The van der Waals surface area contributed by atoms with Crippen LogP contribution in [0.1, 0.15) is 17.3 Å². The lowest BCUT2D eigenvalue weighted by Crippen LogP contribution is -2.43. The first-order valence-electron chi connectivity index (χ1n) is 5.95. The summed E-state index contributed by atoms with van der Waals surface area (Å²) in [6, 6.07) is 4.13. The molecule has 1 unspecified atom stereocenters. The Bertz CT molecular complexity index is 447. The Hall–Kier alpha value is -1.59. The van der Waals surface area contributed by atoms with Gasteiger partial charge in [0.15, 0.2) is 17.3 Å². The third-order valence-corrected chi connectivity index (χ3v) is 2.99. The summed E-state index contributed by atoms with van der Waals surface area (Å²) < 4.78 is 5.40. The predicted octanol–water partition coefficient (Wildman–Crippen LogP) is 1.00. The largest absolute Gasteiger partial charge is 0.504 e. The number of hydrogen-bond acceptors (Lipinski definition) is 5. The summed E-state index contributed by atoms with van der Waals surface area (Å²) >= 11 is 0. The molecule has 1 heterocycles. The molecule has 1 aliphatic rings. The van der Waals surface area contributed by atoms with Crippen molar-refractivity contribution < 1.29 is 19.7 Å². The van der Waals surface area contributed by atoms with Crippen molar-refractivity contribution in [2.75, 3.05) is 26.2 Å². The van der Waals surface area contributed by atoms with Crippen LogP contribution in [0.4, 0.5) is 0 Å². The van der Waals surface area contributed by atoms with Gasteiger partial charge in [0.1, 0.15) is 0 Å². The Morgan fingerprint density at radius 2 is 2.22 bits per heavy atom. The van der Waals surface area contributed by atoms with Crippen molar-refractivity contribution in [3.63, 3.8) is 0 Å². The van der Waals surface area contributed by atoms with Gasteiger partial charge in [-0.2, -0.15) is 0 Å². The van der Waals surface area contributed by atoms with Crippen molar-refractivity contribution in [2.45, 2.75) is 13.0 Å². The minimum Gasteiger partial charge on any atom is -0.504 e. The van der Waals surface area contributed by atoms with Gasteiger partial charge in [-0.15, -0.1) is 0 Å². The number of benzene rings is 1. The highest BCUT2D eigenvalue weighted by molar-refractivity contribution is 5.98. The topological polar surface area (TPSA) is 70.0 Å². The normalized spacial score (nSPS) is 20.8. The molecule has 0 bridgehead atoms. The summed E-state index contributed by atoms with van der Waals surface area (Å²) in [5, 5.41) is 18.6. The Morgan fingerprint density at radius 3 is 2.89 bits per heavy atom. The molecule has 18 heavy (non-hydrogen) atoms. The standard InChI is InChI=1S/C13H17NO4/c1-9-7-14(4-5-18-9)8-13(17)10-2-3-11(15)12(16)6-10/h2-3,6,9,15-16H,4-5,7-8H2,1H3. The maximum absolute atomic E-state index is 12.0. The van der Waals surface area contributed by atoms with E-state index in [9.17, 15) is 15.0 Å². The first-order valence-corrected chi connectivity index (χ1v) is 5.95. The zero-order valence-electron chi connectivity index (χ0n) is 10.3. The molecular formula is C13H17NO4. The third kappa shape index (κ3) is 3.00. The van der Waals surface area contributed by atoms with Gasteiger partial charge >= 0.3 is 0 Å². The van der Waals surface area contributed by atoms with Gasteiger partial charge in [-0.1, -0.05) is 0 Å². The fourth-order valence-corrected chi connectivity index (χ4v) is 2.03. The van der Waals surface area contributed by atoms with Crippen molar-refractivity contribution >= 4 is 5.78 Å².